The molecule has 29 heavy (non-hydrogen) atoms. The molecule has 0 fully saturated rings. The summed E-state index contributed by atoms with van der Waals surface area (Å²) in [7, 11) is 3.33. The SMILES string of the molecule is COc1cccc(C(c2cccc(OC)c2)c2cc(N)c(O)c(C(C)(C)C)c2)c1. The smallest absolute Gasteiger partial charge is 0.142 e. The lowest BCUT2D eigenvalue weighted by Gasteiger charge is -2.26. The molecule has 0 aliphatic heterocycles. The molecule has 0 spiro atoms. The first-order valence-corrected chi connectivity index (χ1v) is 9.65. The number of nitrogen functional groups attached to an aromatic ring is 1. The number of benzene rings is 3. The van der Waals surface area contributed by atoms with Crippen LogP contribution in [0.15, 0.2) is 60.7 Å². The first kappa shape index (κ1) is 20.6. The van der Waals surface area contributed by atoms with Crippen LogP contribution in [0.3, 0.4) is 0 Å². The average Bonchev–Trinajstić information content (AvgIpc) is 2.70. The van der Waals surface area contributed by atoms with Crippen molar-refractivity contribution in [2.45, 2.75) is 32.1 Å². The van der Waals surface area contributed by atoms with E-state index < -0.39 is 0 Å². The maximum atomic E-state index is 10.6. The van der Waals surface area contributed by atoms with E-state index in [0.29, 0.717) is 5.69 Å². The Hall–Kier alpha value is -3.14. The van der Waals surface area contributed by atoms with Crippen LogP contribution in [-0.4, -0.2) is 19.3 Å². The predicted octanol–water partition coefficient (Wildman–Crippen LogP) is 5.47. The molecule has 0 radical (unpaired) electrons. The van der Waals surface area contributed by atoms with Crippen LogP contribution in [0.4, 0.5) is 5.69 Å². The third kappa shape index (κ3) is 4.32. The van der Waals surface area contributed by atoms with Crippen LogP contribution in [0.2, 0.25) is 0 Å². The standard InChI is InChI=1S/C25H29NO3/c1-25(2,3)21-14-18(15-22(26)24(21)27)23(16-8-6-10-19(12-16)28-4)17-9-7-11-20(13-17)29-5/h6-15,23,27H,26H2,1-5H3. The molecule has 0 amide bonds. The van der Waals surface area contributed by atoms with Crippen molar-refractivity contribution in [2.75, 3.05) is 20.0 Å². The number of rotatable bonds is 5. The van der Waals surface area contributed by atoms with Crippen LogP contribution in [0, 0.1) is 0 Å². The van der Waals surface area contributed by atoms with E-state index in [9.17, 15) is 5.11 Å². The van der Waals surface area contributed by atoms with E-state index in [1.54, 1.807) is 14.2 Å². The van der Waals surface area contributed by atoms with Crippen LogP contribution in [0.5, 0.6) is 17.2 Å². The van der Waals surface area contributed by atoms with Crippen LogP contribution in [0.1, 0.15) is 48.9 Å². The van der Waals surface area contributed by atoms with Gasteiger partial charge >= 0.3 is 0 Å². The van der Waals surface area contributed by atoms with Gasteiger partial charge in [-0.15, -0.1) is 0 Å². The zero-order chi connectivity index (χ0) is 21.2. The minimum atomic E-state index is -0.248. The number of ether oxygens (including phenoxy) is 2. The van der Waals surface area contributed by atoms with Gasteiger partial charge < -0.3 is 20.3 Å². The molecule has 4 nitrogen and oxygen atoms in total. The summed E-state index contributed by atoms with van der Waals surface area (Å²) in [6, 6.07) is 19.9. The van der Waals surface area contributed by atoms with Gasteiger partial charge in [0, 0.05) is 11.5 Å². The fraction of sp³-hybridized carbons (Fsp3) is 0.280. The second-order valence-electron chi connectivity index (χ2n) is 8.24. The van der Waals surface area contributed by atoms with Crippen molar-refractivity contribution in [1.29, 1.82) is 0 Å². The molecule has 0 atom stereocenters. The molecule has 3 aromatic rings. The van der Waals surface area contributed by atoms with Gasteiger partial charge in [-0.2, -0.15) is 0 Å². The van der Waals surface area contributed by atoms with E-state index >= 15 is 0 Å². The Morgan fingerprint density at radius 3 is 1.76 bits per heavy atom. The Kier molecular flexibility index (Phi) is 5.73. The molecule has 0 bridgehead atoms. The number of phenolic OH excluding ortho intramolecular Hbond substituents is 1. The minimum absolute atomic E-state index is 0.0933. The summed E-state index contributed by atoms with van der Waals surface area (Å²) in [5.74, 6) is 1.64. The molecule has 0 aliphatic rings. The van der Waals surface area contributed by atoms with Gasteiger partial charge in [-0.05, 0) is 52.4 Å². The van der Waals surface area contributed by atoms with Gasteiger partial charge in [-0.1, -0.05) is 51.1 Å². The predicted molar refractivity (Wildman–Crippen MR) is 118 cm³/mol. The Balaban J connectivity index is 2.27. The van der Waals surface area contributed by atoms with E-state index in [4.69, 9.17) is 15.2 Å². The molecule has 152 valence electrons. The first-order chi connectivity index (χ1) is 13.7. The molecule has 0 aliphatic carbocycles. The number of anilines is 1. The summed E-state index contributed by atoms with van der Waals surface area (Å²) in [6.45, 7) is 6.20. The molecule has 3 N–H and O–H groups in total. The van der Waals surface area contributed by atoms with E-state index in [0.717, 1.165) is 33.8 Å². The molecule has 3 rings (SSSR count). The van der Waals surface area contributed by atoms with Crippen molar-refractivity contribution in [3.63, 3.8) is 0 Å². The van der Waals surface area contributed by atoms with E-state index in [-0.39, 0.29) is 17.1 Å². The highest BCUT2D eigenvalue weighted by atomic mass is 16.5. The molecule has 0 heterocycles. The number of hydrogen-bond donors (Lipinski definition) is 2. The largest absolute Gasteiger partial charge is 0.505 e. The van der Waals surface area contributed by atoms with Crippen LogP contribution in [-0.2, 0) is 5.41 Å². The highest BCUT2D eigenvalue weighted by Crippen LogP contribution is 2.42. The number of aromatic hydroxyl groups is 1. The zero-order valence-electron chi connectivity index (χ0n) is 17.7. The van der Waals surface area contributed by atoms with Gasteiger partial charge in [0.2, 0.25) is 0 Å². The van der Waals surface area contributed by atoms with Crippen molar-refractivity contribution in [3.8, 4) is 17.2 Å². The van der Waals surface area contributed by atoms with Crippen molar-refractivity contribution >= 4 is 5.69 Å². The van der Waals surface area contributed by atoms with E-state index in [1.807, 2.05) is 42.5 Å². The Bertz CT molecular complexity index is 958. The molecule has 0 aromatic heterocycles. The highest BCUT2D eigenvalue weighted by molar-refractivity contribution is 5.62. The van der Waals surface area contributed by atoms with E-state index in [2.05, 4.69) is 39.0 Å². The lowest BCUT2D eigenvalue weighted by Crippen LogP contribution is -2.14. The molecular weight excluding hydrogens is 362 g/mol. The summed E-state index contributed by atoms with van der Waals surface area (Å²) in [5.41, 5.74) is 10.3. The normalized spacial score (nSPS) is 11.5. The Morgan fingerprint density at radius 1 is 0.793 bits per heavy atom. The second-order valence-corrected chi connectivity index (χ2v) is 8.24. The van der Waals surface area contributed by atoms with Gasteiger partial charge in [0.15, 0.2) is 0 Å². The first-order valence-electron chi connectivity index (χ1n) is 9.65. The lowest BCUT2D eigenvalue weighted by atomic mass is 9.79. The monoisotopic (exact) mass is 391 g/mol. The van der Waals surface area contributed by atoms with Gasteiger partial charge in [0.1, 0.15) is 17.2 Å². The average molecular weight is 392 g/mol. The molecule has 4 heteroatoms. The number of nitrogens with two attached hydrogens (primary N) is 1. The van der Waals surface area contributed by atoms with Crippen molar-refractivity contribution in [3.05, 3.63) is 82.9 Å². The Labute approximate surface area is 172 Å². The highest BCUT2D eigenvalue weighted by Gasteiger charge is 2.25. The van der Waals surface area contributed by atoms with E-state index in [1.165, 1.54) is 0 Å². The molecule has 3 aromatic carbocycles. The third-order valence-corrected chi connectivity index (χ3v) is 5.16. The molecular formula is C25H29NO3. The van der Waals surface area contributed by atoms with Gasteiger partial charge in [0.05, 0.1) is 19.9 Å². The zero-order valence-corrected chi connectivity index (χ0v) is 17.7. The van der Waals surface area contributed by atoms with Crippen molar-refractivity contribution in [1.82, 2.24) is 0 Å². The lowest BCUT2D eigenvalue weighted by molar-refractivity contribution is 0.413. The Morgan fingerprint density at radius 2 is 1.31 bits per heavy atom. The summed E-state index contributed by atoms with van der Waals surface area (Å²) in [4.78, 5) is 0. The molecule has 0 saturated heterocycles. The summed E-state index contributed by atoms with van der Waals surface area (Å²) < 4.78 is 10.9. The van der Waals surface area contributed by atoms with Gasteiger partial charge in [-0.25, -0.2) is 0 Å². The minimum Gasteiger partial charge on any atom is -0.505 e. The molecule has 0 unspecified atom stereocenters. The van der Waals surface area contributed by atoms with Crippen molar-refractivity contribution < 1.29 is 14.6 Å². The number of phenols is 1. The van der Waals surface area contributed by atoms with Crippen molar-refractivity contribution in [2.24, 2.45) is 0 Å². The fourth-order valence-electron chi connectivity index (χ4n) is 3.64. The second kappa shape index (κ2) is 8.08. The fourth-order valence-corrected chi connectivity index (χ4v) is 3.64. The van der Waals surface area contributed by atoms with Crippen LogP contribution in [0.25, 0.3) is 0 Å². The summed E-state index contributed by atoms with van der Waals surface area (Å²) >= 11 is 0. The van der Waals surface area contributed by atoms with Crippen LogP contribution < -0.4 is 15.2 Å². The number of hydrogen-bond acceptors (Lipinski definition) is 4. The number of methoxy groups -OCH3 is 2. The van der Waals surface area contributed by atoms with Crippen LogP contribution >= 0.6 is 0 Å². The van der Waals surface area contributed by atoms with Gasteiger partial charge in [-0.3, -0.25) is 0 Å². The maximum absolute atomic E-state index is 10.6. The third-order valence-electron chi connectivity index (χ3n) is 5.16. The summed E-state index contributed by atoms with van der Waals surface area (Å²) in [6.07, 6.45) is 0. The quantitative estimate of drug-likeness (QED) is 0.344. The summed E-state index contributed by atoms with van der Waals surface area (Å²) in [5, 5.41) is 10.6. The molecule has 0 saturated carbocycles. The van der Waals surface area contributed by atoms with Gasteiger partial charge in [0.25, 0.3) is 0 Å². The maximum Gasteiger partial charge on any atom is 0.142 e. The topological polar surface area (TPSA) is 64.7 Å².